The van der Waals surface area contributed by atoms with Crippen LogP contribution in [0.15, 0.2) is 42.5 Å². The molecule has 6 heteroatoms. The molecule has 1 aliphatic heterocycles. The van der Waals surface area contributed by atoms with Crippen LogP contribution >= 0.6 is 0 Å². The van der Waals surface area contributed by atoms with Crippen molar-refractivity contribution in [1.82, 2.24) is 9.97 Å². The van der Waals surface area contributed by atoms with Crippen LogP contribution < -0.4 is 9.80 Å². The Bertz CT molecular complexity index is 1040. The minimum Gasteiger partial charge on any atom is -0.461 e. The van der Waals surface area contributed by atoms with Gasteiger partial charge >= 0.3 is 5.97 Å². The van der Waals surface area contributed by atoms with Crippen molar-refractivity contribution in [3.8, 4) is 0 Å². The van der Waals surface area contributed by atoms with E-state index in [2.05, 4.69) is 41.0 Å². The van der Waals surface area contributed by atoms with Gasteiger partial charge in [0.25, 0.3) is 0 Å². The maximum atomic E-state index is 12.8. The number of para-hydroxylation sites is 1. The van der Waals surface area contributed by atoms with Crippen molar-refractivity contribution in [3.05, 3.63) is 59.3 Å². The molecule has 0 saturated carbocycles. The normalized spacial score (nSPS) is 14.2. The number of fused-ring (bicyclic) bond motifs is 1. The first kappa shape index (κ1) is 20.1. The Morgan fingerprint density at radius 3 is 2.17 bits per heavy atom. The Hall–Kier alpha value is -3.15. The Morgan fingerprint density at radius 2 is 1.53 bits per heavy atom. The van der Waals surface area contributed by atoms with Gasteiger partial charge in [0.2, 0.25) is 0 Å². The van der Waals surface area contributed by atoms with Crippen LogP contribution in [0.5, 0.6) is 0 Å². The largest absolute Gasteiger partial charge is 0.461 e. The summed E-state index contributed by atoms with van der Waals surface area (Å²) in [4.78, 5) is 26.9. The molecular formula is C24H28N4O2. The van der Waals surface area contributed by atoms with E-state index in [9.17, 15) is 4.79 Å². The summed E-state index contributed by atoms with van der Waals surface area (Å²) in [5.41, 5.74) is 5.37. The van der Waals surface area contributed by atoms with Gasteiger partial charge in [-0.05, 0) is 55.7 Å². The number of hydrogen-bond donors (Lipinski definition) is 0. The van der Waals surface area contributed by atoms with Crippen molar-refractivity contribution in [1.29, 1.82) is 0 Å². The van der Waals surface area contributed by atoms with Crippen LogP contribution in [0, 0.1) is 13.8 Å². The fraction of sp³-hybridized carbons (Fsp3) is 0.375. The summed E-state index contributed by atoms with van der Waals surface area (Å²) in [7, 11) is 0. The Labute approximate surface area is 177 Å². The average molecular weight is 405 g/mol. The Morgan fingerprint density at radius 1 is 0.933 bits per heavy atom. The molecule has 1 aliphatic rings. The molecule has 6 nitrogen and oxygen atoms in total. The highest BCUT2D eigenvalue weighted by atomic mass is 16.5. The lowest BCUT2D eigenvalue weighted by Gasteiger charge is -2.37. The number of rotatable bonds is 5. The van der Waals surface area contributed by atoms with Crippen molar-refractivity contribution in [2.75, 3.05) is 42.6 Å². The molecule has 0 spiro atoms. The topological polar surface area (TPSA) is 58.6 Å². The van der Waals surface area contributed by atoms with E-state index in [0.717, 1.165) is 54.8 Å². The number of nitrogens with zero attached hydrogens (tertiary/aromatic N) is 4. The third kappa shape index (κ3) is 4.08. The van der Waals surface area contributed by atoms with Crippen molar-refractivity contribution in [2.24, 2.45) is 0 Å². The molecule has 156 valence electrons. The molecule has 0 aliphatic carbocycles. The first-order valence-corrected chi connectivity index (χ1v) is 10.6. The van der Waals surface area contributed by atoms with Gasteiger partial charge in [0.1, 0.15) is 0 Å². The van der Waals surface area contributed by atoms with Crippen molar-refractivity contribution in [3.63, 3.8) is 0 Å². The summed E-state index contributed by atoms with van der Waals surface area (Å²) in [6.45, 7) is 9.74. The molecular weight excluding hydrogens is 376 g/mol. The molecule has 0 amide bonds. The molecule has 1 saturated heterocycles. The smallest absolute Gasteiger partial charge is 0.360 e. The van der Waals surface area contributed by atoms with Crippen LogP contribution in [0.1, 0.15) is 35.0 Å². The molecule has 0 N–H and O–H groups in total. The quantitative estimate of drug-likeness (QED) is 0.596. The molecule has 1 fully saturated rings. The van der Waals surface area contributed by atoms with E-state index in [-0.39, 0.29) is 0 Å². The summed E-state index contributed by atoms with van der Waals surface area (Å²) in [5, 5.41) is 0. The van der Waals surface area contributed by atoms with Gasteiger partial charge in [-0.25, -0.2) is 14.8 Å². The molecule has 0 unspecified atom stereocenters. The van der Waals surface area contributed by atoms with E-state index in [4.69, 9.17) is 14.7 Å². The second-order valence-electron chi connectivity index (χ2n) is 7.77. The van der Waals surface area contributed by atoms with Crippen LogP contribution in [0.25, 0.3) is 11.0 Å². The third-order valence-electron chi connectivity index (χ3n) is 5.59. The first-order chi connectivity index (χ1) is 14.6. The third-order valence-corrected chi connectivity index (χ3v) is 5.59. The van der Waals surface area contributed by atoms with Crippen LogP contribution in [0.3, 0.4) is 0 Å². The van der Waals surface area contributed by atoms with Gasteiger partial charge < -0.3 is 14.5 Å². The number of aryl methyl sites for hydroxylation is 2. The summed E-state index contributed by atoms with van der Waals surface area (Å²) >= 11 is 0. The standard InChI is InChI=1S/C24H28N4O2/c1-4-14-30-24(29)22-23(26-21-16-18(3)17(2)15-20(21)25-22)28-12-10-27(11-13-28)19-8-6-5-7-9-19/h5-9,15-16H,4,10-14H2,1-3H3. The predicted molar refractivity (Wildman–Crippen MR) is 120 cm³/mol. The highest BCUT2D eigenvalue weighted by molar-refractivity contribution is 5.95. The summed E-state index contributed by atoms with van der Waals surface area (Å²) < 4.78 is 5.42. The zero-order chi connectivity index (χ0) is 21.1. The van der Waals surface area contributed by atoms with Crippen molar-refractivity contribution >= 4 is 28.5 Å². The fourth-order valence-corrected chi connectivity index (χ4v) is 3.74. The lowest BCUT2D eigenvalue weighted by molar-refractivity contribution is 0.0499. The molecule has 0 atom stereocenters. The van der Waals surface area contributed by atoms with E-state index in [0.29, 0.717) is 18.1 Å². The van der Waals surface area contributed by atoms with E-state index in [1.54, 1.807) is 0 Å². The van der Waals surface area contributed by atoms with E-state index in [1.807, 2.05) is 32.0 Å². The predicted octanol–water partition coefficient (Wildman–Crippen LogP) is 4.14. The number of anilines is 2. The van der Waals surface area contributed by atoms with Gasteiger partial charge in [0.05, 0.1) is 17.6 Å². The van der Waals surface area contributed by atoms with Crippen molar-refractivity contribution < 1.29 is 9.53 Å². The molecule has 4 rings (SSSR count). The molecule has 30 heavy (non-hydrogen) atoms. The minimum atomic E-state index is -0.398. The minimum absolute atomic E-state index is 0.312. The molecule has 2 aromatic carbocycles. The molecule has 3 aromatic rings. The van der Waals surface area contributed by atoms with Crippen LogP contribution in [0.4, 0.5) is 11.5 Å². The van der Waals surface area contributed by atoms with E-state index in [1.165, 1.54) is 5.69 Å². The first-order valence-electron chi connectivity index (χ1n) is 10.6. The Balaban J connectivity index is 1.66. The van der Waals surface area contributed by atoms with E-state index < -0.39 is 5.97 Å². The van der Waals surface area contributed by atoms with Crippen molar-refractivity contribution in [2.45, 2.75) is 27.2 Å². The lowest BCUT2D eigenvalue weighted by atomic mass is 10.1. The average Bonchev–Trinajstić information content (AvgIpc) is 2.78. The zero-order valence-electron chi connectivity index (χ0n) is 17.9. The number of carbonyl (C=O) groups excluding carboxylic acids is 1. The fourth-order valence-electron chi connectivity index (χ4n) is 3.74. The number of benzene rings is 2. The number of esters is 1. The summed E-state index contributed by atoms with van der Waals surface area (Å²) in [6, 6.07) is 14.4. The maximum Gasteiger partial charge on any atom is 0.360 e. The van der Waals surface area contributed by atoms with Crippen LogP contribution in [-0.4, -0.2) is 48.7 Å². The molecule has 0 radical (unpaired) electrons. The van der Waals surface area contributed by atoms with Gasteiger partial charge in [0.15, 0.2) is 11.5 Å². The monoisotopic (exact) mass is 404 g/mol. The molecule has 1 aromatic heterocycles. The highest BCUT2D eigenvalue weighted by Crippen LogP contribution is 2.26. The number of carbonyl (C=O) groups is 1. The van der Waals surface area contributed by atoms with Gasteiger partial charge in [-0.2, -0.15) is 0 Å². The molecule has 0 bridgehead atoms. The number of hydrogen-bond acceptors (Lipinski definition) is 6. The highest BCUT2D eigenvalue weighted by Gasteiger charge is 2.26. The van der Waals surface area contributed by atoms with Crippen LogP contribution in [0.2, 0.25) is 0 Å². The van der Waals surface area contributed by atoms with Gasteiger partial charge in [0, 0.05) is 31.9 Å². The van der Waals surface area contributed by atoms with E-state index >= 15 is 0 Å². The lowest BCUT2D eigenvalue weighted by Crippen LogP contribution is -2.47. The summed E-state index contributed by atoms with van der Waals surface area (Å²) in [5.74, 6) is 0.226. The van der Waals surface area contributed by atoms with Gasteiger partial charge in [-0.1, -0.05) is 25.1 Å². The molecule has 2 heterocycles. The summed E-state index contributed by atoms with van der Waals surface area (Å²) in [6.07, 6.45) is 0.774. The maximum absolute atomic E-state index is 12.8. The number of aromatic nitrogens is 2. The zero-order valence-corrected chi connectivity index (χ0v) is 17.9. The van der Waals surface area contributed by atoms with Gasteiger partial charge in [-0.15, -0.1) is 0 Å². The van der Waals surface area contributed by atoms with Crippen LogP contribution in [-0.2, 0) is 4.74 Å². The SMILES string of the molecule is CCCOC(=O)c1nc2cc(C)c(C)cc2nc1N1CCN(c2ccccc2)CC1. The number of piperazine rings is 1. The Kier molecular flexibility index (Phi) is 5.84. The number of ether oxygens (including phenoxy) is 1. The second-order valence-corrected chi connectivity index (χ2v) is 7.77. The van der Waals surface area contributed by atoms with Gasteiger partial charge in [-0.3, -0.25) is 0 Å². The second kappa shape index (κ2) is 8.69.